The lowest BCUT2D eigenvalue weighted by molar-refractivity contribution is 0.112. The Labute approximate surface area is 118 Å². The summed E-state index contributed by atoms with van der Waals surface area (Å²) >= 11 is 0. The van der Waals surface area contributed by atoms with Crippen molar-refractivity contribution in [1.29, 1.82) is 0 Å². The van der Waals surface area contributed by atoms with Crippen molar-refractivity contribution in [3.05, 3.63) is 34.9 Å². The van der Waals surface area contributed by atoms with Crippen molar-refractivity contribution in [3.8, 4) is 0 Å². The van der Waals surface area contributed by atoms with Crippen molar-refractivity contribution in [3.63, 3.8) is 0 Å². The molecule has 0 radical (unpaired) electrons. The van der Waals surface area contributed by atoms with E-state index >= 15 is 0 Å². The van der Waals surface area contributed by atoms with Crippen LogP contribution in [-0.4, -0.2) is 20.5 Å². The number of hydrogen-bond donors (Lipinski definition) is 0. The predicted octanol–water partition coefficient (Wildman–Crippen LogP) is 4.36. The smallest absolute Gasteiger partial charge is 0.150 e. The van der Waals surface area contributed by atoms with Gasteiger partial charge in [0.15, 0.2) is 0 Å². The average Bonchev–Trinajstić information content (AvgIpc) is 2.27. The minimum Gasteiger partial charge on any atom is -0.388 e. The number of methoxy groups -OCH3 is 1. The molecule has 0 aliphatic carbocycles. The van der Waals surface area contributed by atoms with Gasteiger partial charge in [-0.05, 0) is 34.1 Å². The molecule has 2 heteroatoms. The molecule has 2 nitrogen and oxygen atoms in total. The van der Waals surface area contributed by atoms with Crippen molar-refractivity contribution >= 4 is 6.29 Å². The molecule has 0 fully saturated rings. The first-order chi connectivity index (χ1) is 8.56. The van der Waals surface area contributed by atoms with Crippen LogP contribution < -0.4 is 0 Å². The number of aldehydes is 1. The summed E-state index contributed by atoms with van der Waals surface area (Å²) in [6.07, 6.45) is 0.935. The van der Waals surface area contributed by atoms with E-state index in [1.165, 1.54) is 11.1 Å². The summed E-state index contributed by atoms with van der Waals surface area (Å²) in [6, 6.07) is 6.19. The summed E-state index contributed by atoms with van der Waals surface area (Å²) in [5.41, 5.74) is 3.39. The Kier molecular flexibility index (Phi) is 6.44. The zero-order valence-corrected chi connectivity index (χ0v) is 13.6. The normalized spacial score (nSPS) is 11.6. The highest BCUT2D eigenvalue weighted by Crippen LogP contribution is 2.29. The monoisotopic (exact) mass is 264 g/mol. The van der Waals surface area contributed by atoms with Gasteiger partial charge in [0.05, 0.1) is 0 Å². The van der Waals surface area contributed by atoms with E-state index < -0.39 is 0 Å². The van der Waals surface area contributed by atoms with Crippen molar-refractivity contribution in [2.24, 2.45) is 0 Å². The molecule has 0 aromatic heterocycles. The van der Waals surface area contributed by atoms with Gasteiger partial charge in [-0.3, -0.25) is 4.79 Å². The first kappa shape index (κ1) is 17.8. The molecule has 0 saturated heterocycles. The third-order valence-corrected chi connectivity index (χ3v) is 2.82. The second-order valence-corrected chi connectivity index (χ2v) is 6.87. The average molecular weight is 264 g/mol. The molecule has 0 spiro atoms. The fourth-order valence-corrected chi connectivity index (χ4v) is 1.59. The van der Waals surface area contributed by atoms with Crippen LogP contribution in [0.25, 0.3) is 0 Å². The SMILES string of the molecule is CC(C)(C)c1cc(C=O)cc(C(C)(C)C)c1.COC. The largest absolute Gasteiger partial charge is 0.388 e. The van der Waals surface area contributed by atoms with Gasteiger partial charge < -0.3 is 4.74 Å². The van der Waals surface area contributed by atoms with Gasteiger partial charge in [0.1, 0.15) is 6.29 Å². The highest BCUT2D eigenvalue weighted by molar-refractivity contribution is 5.76. The van der Waals surface area contributed by atoms with E-state index in [9.17, 15) is 4.79 Å². The third kappa shape index (κ3) is 6.02. The second kappa shape index (κ2) is 6.85. The van der Waals surface area contributed by atoms with E-state index in [0.717, 1.165) is 11.8 Å². The summed E-state index contributed by atoms with van der Waals surface area (Å²) in [7, 11) is 3.25. The van der Waals surface area contributed by atoms with Crippen LogP contribution >= 0.6 is 0 Å². The molecule has 19 heavy (non-hydrogen) atoms. The van der Waals surface area contributed by atoms with Gasteiger partial charge in [-0.15, -0.1) is 0 Å². The highest BCUT2D eigenvalue weighted by atomic mass is 16.4. The molecule has 0 aliphatic heterocycles. The molecule has 0 amide bonds. The Balaban J connectivity index is 0.000000982. The maximum atomic E-state index is 11.0. The van der Waals surface area contributed by atoms with Crippen LogP contribution in [0.15, 0.2) is 18.2 Å². The number of carbonyl (C=O) groups is 1. The van der Waals surface area contributed by atoms with Crippen molar-refractivity contribution in [2.75, 3.05) is 14.2 Å². The third-order valence-electron chi connectivity index (χ3n) is 2.82. The van der Waals surface area contributed by atoms with Gasteiger partial charge in [0, 0.05) is 19.8 Å². The van der Waals surface area contributed by atoms with Crippen molar-refractivity contribution < 1.29 is 9.53 Å². The number of ether oxygens (including phenoxy) is 1. The van der Waals surface area contributed by atoms with E-state index in [4.69, 9.17) is 0 Å². The van der Waals surface area contributed by atoms with Gasteiger partial charge in [0.25, 0.3) is 0 Å². The van der Waals surface area contributed by atoms with Crippen LogP contribution in [0.2, 0.25) is 0 Å². The Morgan fingerprint density at radius 1 is 0.842 bits per heavy atom. The van der Waals surface area contributed by atoms with Crippen LogP contribution in [-0.2, 0) is 15.6 Å². The van der Waals surface area contributed by atoms with Gasteiger partial charge >= 0.3 is 0 Å². The molecule has 0 saturated carbocycles. The molecule has 0 N–H and O–H groups in total. The number of rotatable bonds is 1. The second-order valence-electron chi connectivity index (χ2n) is 6.87. The Morgan fingerprint density at radius 2 is 1.16 bits per heavy atom. The fourth-order valence-electron chi connectivity index (χ4n) is 1.59. The molecule has 108 valence electrons. The lowest BCUT2D eigenvalue weighted by atomic mass is 9.80. The van der Waals surface area contributed by atoms with Crippen LogP contribution in [0.1, 0.15) is 63.0 Å². The molecular formula is C17H28O2. The zero-order valence-electron chi connectivity index (χ0n) is 13.6. The standard InChI is InChI=1S/C15H22O.C2H6O/c1-14(2,3)12-7-11(10-16)8-13(9-12)15(4,5)6;1-3-2/h7-10H,1-6H3;1-2H3. The molecule has 1 rings (SSSR count). The van der Waals surface area contributed by atoms with Gasteiger partial charge in [-0.2, -0.15) is 0 Å². The molecule has 0 aliphatic rings. The maximum absolute atomic E-state index is 11.0. The Hall–Kier alpha value is -1.15. The maximum Gasteiger partial charge on any atom is 0.150 e. The fraction of sp³-hybridized carbons (Fsp3) is 0.588. The highest BCUT2D eigenvalue weighted by Gasteiger charge is 2.20. The quantitative estimate of drug-likeness (QED) is 0.705. The van der Waals surface area contributed by atoms with E-state index in [1.807, 2.05) is 12.1 Å². The number of benzene rings is 1. The van der Waals surface area contributed by atoms with Gasteiger partial charge in [-0.25, -0.2) is 0 Å². The van der Waals surface area contributed by atoms with E-state index in [1.54, 1.807) is 14.2 Å². The molecule has 0 bridgehead atoms. The number of hydrogen-bond acceptors (Lipinski definition) is 2. The first-order valence-corrected chi connectivity index (χ1v) is 6.57. The van der Waals surface area contributed by atoms with Crippen LogP contribution in [0.5, 0.6) is 0 Å². The minimum atomic E-state index is 0.0824. The van der Waals surface area contributed by atoms with Crippen LogP contribution in [0.4, 0.5) is 0 Å². The van der Waals surface area contributed by atoms with Crippen molar-refractivity contribution in [1.82, 2.24) is 0 Å². The molecule has 0 heterocycles. The lowest BCUT2D eigenvalue weighted by Gasteiger charge is -2.25. The summed E-state index contributed by atoms with van der Waals surface area (Å²) in [5, 5.41) is 0. The van der Waals surface area contributed by atoms with Gasteiger partial charge in [-0.1, -0.05) is 47.6 Å². The summed E-state index contributed by atoms with van der Waals surface area (Å²) < 4.78 is 4.25. The summed E-state index contributed by atoms with van der Waals surface area (Å²) in [6.45, 7) is 13.0. The lowest BCUT2D eigenvalue weighted by Crippen LogP contribution is -2.16. The zero-order chi connectivity index (χ0) is 15.3. The van der Waals surface area contributed by atoms with E-state index in [-0.39, 0.29) is 10.8 Å². The Bertz CT molecular complexity index is 374. The van der Waals surface area contributed by atoms with Crippen LogP contribution in [0, 0.1) is 0 Å². The van der Waals surface area contributed by atoms with Gasteiger partial charge in [0.2, 0.25) is 0 Å². The summed E-state index contributed by atoms with van der Waals surface area (Å²) in [4.78, 5) is 11.0. The first-order valence-electron chi connectivity index (χ1n) is 6.57. The van der Waals surface area contributed by atoms with E-state index in [2.05, 4.69) is 52.3 Å². The molecule has 1 aromatic rings. The van der Waals surface area contributed by atoms with E-state index in [0.29, 0.717) is 0 Å². The van der Waals surface area contributed by atoms with Crippen LogP contribution in [0.3, 0.4) is 0 Å². The Morgan fingerprint density at radius 3 is 1.37 bits per heavy atom. The number of carbonyl (C=O) groups excluding carboxylic acids is 1. The molecule has 1 aromatic carbocycles. The van der Waals surface area contributed by atoms with Crippen molar-refractivity contribution in [2.45, 2.75) is 52.4 Å². The molecular weight excluding hydrogens is 236 g/mol. The summed E-state index contributed by atoms with van der Waals surface area (Å²) in [5.74, 6) is 0. The topological polar surface area (TPSA) is 26.3 Å². The minimum absolute atomic E-state index is 0.0824. The molecule has 0 atom stereocenters. The predicted molar refractivity (Wildman–Crippen MR) is 82.2 cm³/mol. The molecule has 0 unspecified atom stereocenters.